The van der Waals surface area contributed by atoms with Crippen LogP contribution >= 0.6 is 0 Å². The molecular weight excluding hydrogens is 338 g/mol. The van der Waals surface area contributed by atoms with Crippen LogP contribution in [0.25, 0.3) is 0 Å². The van der Waals surface area contributed by atoms with Gasteiger partial charge < -0.3 is 15.2 Å². The number of amides is 1. The molecule has 1 aromatic heterocycles. The van der Waals surface area contributed by atoms with E-state index < -0.39 is 0 Å². The summed E-state index contributed by atoms with van der Waals surface area (Å²) in [4.78, 5) is 25.7. The summed E-state index contributed by atoms with van der Waals surface area (Å²) in [5, 5.41) is 6.31. The van der Waals surface area contributed by atoms with Gasteiger partial charge in [-0.05, 0) is 80.9 Å². The van der Waals surface area contributed by atoms with Gasteiger partial charge in [0, 0.05) is 19.3 Å². The number of hydrogen-bond acceptors (Lipinski definition) is 3. The summed E-state index contributed by atoms with van der Waals surface area (Å²) >= 11 is 0. The molecule has 2 aromatic rings. The number of rotatable bonds is 5. The second-order valence-electron chi connectivity index (χ2n) is 7.59. The predicted molar refractivity (Wildman–Crippen MR) is 108 cm³/mol. The summed E-state index contributed by atoms with van der Waals surface area (Å²) in [5.74, 6) is 0.138. The fourth-order valence-corrected chi connectivity index (χ4v) is 3.71. The van der Waals surface area contributed by atoms with Crippen LogP contribution in [0.2, 0.25) is 0 Å². The zero-order chi connectivity index (χ0) is 19.4. The lowest BCUT2D eigenvalue weighted by atomic mass is 9.99. The highest BCUT2D eigenvalue weighted by atomic mass is 16.2. The molecule has 1 amide bonds. The van der Waals surface area contributed by atoms with Crippen molar-refractivity contribution in [1.82, 2.24) is 15.2 Å². The van der Waals surface area contributed by atoms with E-state index in [4.69, 9.17) is 0 Å². The molecule has 2 heterocycles. The number of nitrogens with zero attached hydrogens (tertiary/aromatic N) is 1. The molecule has 27 heavy (non-hydrogen) atoms. The van der Waals surface area contributed by atoms with Crippen molar-refractivity contribution in [1.29, 1.82) is 0 Å². The normalized spacial score (nSPS) is 16.9. The zero-order valence-corrected chi connectivity index (χ0v) is 16.5. The van der Waals surface area contributed by atoms with Gasteiger partial charge in [0.05, 0.1) is 0 Å². The molecule has 144 valence electrons. The summed E-state index contributed by atoms with van der Waals surface area (Å²) in [6, 6.07) is 7.92. The number of carbonyl (C=O) groups excluding carboxylic acids is 1. The number of hydrogen-bond donors (Lipinski definition) is 2. The molecule has 1 saturated heterocycles. The summed E-state index contributed by atoms with van der Waals surface area (Å²) in [6.07, 6.45) is 4.06. The van der Waals surface area contributed by atoms with Gasteiger partial charge in [-0.15, -0.1) is 0 Å². The van der Waals surface area contributed by atoms with Crippen molar-refractivity contribution >= 4 is 5.91 Å². The van der Waals surface area contributed by atoms with Crippen LogP contribution < -0.4 is 16.2 Å². The van der Waals surface area contributed by atoms with Crippen molar-refractivity contribution in [3.05, 3.63) is 68.6 Å². The number of benzene rings is 1. The van der Waals surface area contributed by atoms with Gasteiger partial charge in [0.15, 0.2) is 0 Å². The lowest BCUT2D eigenvalue weighted by Crippen LogP contribution is -2.37. The first-order chi connectivity index (χ1) is 13.0. The van der Waals surface area contributed by atoms with Gasteiger partial charge in [-0.3, -0.25) is 9.59 Å². The van der Waals surface area contributed by atoms with Crippen LogP contribution in [-0.2, 0) is 13.1 Å². The molecule has 1 aromatic carbocycles. The zero-order valence-electron chi connectivity index (χ0n) is 16.5. The molecule has 1 aliphatic rings. The van der Waals surface area contributed by atoms with Crippen LogP contribution in [0.1, 0.15) is 45.5 Å². The average Bonchev–Trinajstić information content (AvgIpc) is 2.66. The Bertz CT molecular complexity index is 880. The molecule has 0 aliphatic carbocycles. The van der Waals surface area contributed by atoms with E-state index >= 15 is 0 Å². The molecule has 0 saturated carbocycles. The number of piperidine rings is 1. The summed E-state index contributed by atoms with van der Waals surface area (Å²) in [7, 11) is 0. The van der Waals surface area contributed by atoms with Crippen molar-refractivity contribution in [2.45, 2.75) is 46.7 Å². The largest absolute Gasteiger partial charge is 0.348 e. The second kappa shape index (κ2) is 8.53. The highest BCUT2D eigenvalue weighted by Crippen LogP contribution is 2.14. The smallest absolute Gasteiger partial charge is 0.263 e. The minimum atomic E-state index is -0.297. The first kappa shape index (κ1) is 19.4. The van der Waals surface area contributed by atoms with Crippen molar-refractivity contribution in [3.63, 3.8) is 0 Å². The summed E-state index contributed by atoms with van der Waals surface area (Å²) in [5.41, 5.74) is 4.22. The minimum absolute atomic E-state index is 0.195. The molecular formula is C22H29N3O2. The average molecular weight is 367 g/mol. The first-order valence-corrected chi connectivity index (χ1v) is 9.71. The number of carbonyl (C=O) groups is 1. The van der Waals surface area contributed by atoms with Gasteiger partial charge in [-0.1, -0.05) is 18.2 Å². The quantitative estimate of drug-likeness (QED) is 0.854. The van der Waals surface area contributed by atoms with E-state index in [-0.39, 0.29) is 17.0 Å². The Labute approximate surface area is 160 Å². The third-order valence-corrected chi connectivity index (χ3v) is 5.61. The van der Waals surface area contributed by atoms with Gasteiger partial charge >= 0.3 is 0 Å². The van der Waals surface area contributed by atoms with E-state index in [1.165, 1.54) is 11.1 Å². The van der Waals surface area contributed by atoms with Gasteiger partial charge in [-0.2, -0.15) is 0 Å². The van der Waals surface area contributed by atoms with E-state index in [0.717, 1.165) is 37.1 Å². The van der Waals surface area contributed by atoms with Crippen molar-refractivity contribution in [3.8, 4) is 0 Å². The van der Waals surface area contributed by atoms with Crippen LogP contribution in [0.5, 0.6) is 0 Å². The molecule has 0 bridgehead atoms. The Balaban J connectivity index is 1.76. The topological polar surface area (TPSA) is 63.1 Å². The Kier molecular flexibility index (Phi) is 6.11. The van der Waals surface area contributed by atoms with Crippen molar-refractivity contribution in [2.75, 3.05) is 13.1 Å². The van der Waals surface area contributed by atoms with E-state index in [9.17, 15) is 9.59 Å². The second-order valence-corrected chi connectivity index (χ2v) is 7.59. The molecule has 2 N–H and O–H groups in total. The molecule has 1 fully saturated rings. The Morgan fingerprint density at radius 2 is 2.04 bits per heavy atom. The number of nitrogens with one attached hydrogen (secondary N) is 2. The first-order valence-electron chi connectivity index (χ1n) is 9.71. The standard InChI is InChI=1S/C22H29N3O2/c1-15-6-4-8-19(17(15)3)13-24-21(26)20-16(2)9-11-25(22(20)27)14-18-7-5-10-23-12-18/h4,6,8-9,11,18,23H,5,7,10,12-14H2,1-3H3,(H,24,26). The summed E-state index contributed by atoms with van der Waals surface area (Å²) < 4.78 is 1.69. The Morgan fingerprint density at radius 1 is 1.22 bits per heavy atom. The van der Waals surface area contributed by atoms with Crippen LogP contribution in [0.3, 0.4) is 0 Å². The van der Waals surface area contributed by atoms with Gasteiger partial charge in [0.2, 0.25) is 0 Å². The van der Waals surface area contributed by atoms with E-state index in [0.29, 0.717) is 19.0 Å². The maximum absolute atomic E-state index is 12.9. The molecule has 1 aliphatic heterocycles. The highest BCUT2D eigenvalue weighted by Gasteiger charge is 2.19. The molecule has 1 atom stereocenters. The van der Waals surface area contributed by atoms with Gasteiger partial charge in [0.1, 0.15) is 5.56 Å². The SMILES string of the molecule is Cc1cccc(CNC(=O)c2c(C)ccn(CC3CCCNC3)c2=O)c1C. The van der Waals surface area contributed by atoms with Gasteiger partial charge in [0.25, 0.3) is 11.5 Å². The lowest BCUT2D eigenvalue weighted by Gasteiger charge is -2.23. The summed E-state index contributed by atoms with van der Waals surface area (Å²) in [6.45, 7) is 8.98. The number of pyridine rings is 1. The van der Waals surface area contributed by atoms with Crippen molar-refractivity contribution in [2.24, 2.45) is 5.92 Å². The van der Waals surface area contributed by atoms with Crippen LogP contribution in [0, 0.1) is 26.7 Å². The fourth-order valence-electron chi connectivity index (χ4n) is 3.71. The molecule has 5 nitrogen and oxygen atoms in total. The van der Waals surface area contributed by atoms with Crippen LogP contribution in [0.4, 0.5) is 0 Å². The third kappa shape index (κ3) is 4.48. The monoisotopic (exact) mass is 367 g/mol. The molecule has 0 radical (unpaired) electrons. The molecule has 5 heteroatoms. The van der Waals surface area contributed by atoms with Gasteiger partial charge in [-0.25, -0.2) is 0 Å². The van der Waals surface area contributed by atoms with Crippen LogP contribution in [0.15, 0.2) is 35.3 Å². The van der Waals surface area contributed by atoms with E-state index in [2.05, 4.69) is 30.5 Å². The maximum Gasteiger partial charge on any atom is 0.263 e. The lowest BCUT2D eigenvalue weighted by molar-refractivity contribution is 0.0948. The Morgan fingerprint density at radius 3 is 2.78 bits per heavy atom. The Hall–Kier alpha value is -2.40. The minimum Gasteiger partial charge on any atom is -0.348 e. The maximum atomic E-state index is 12.9. The number of aromatic nitrogens is 1. The third-order valence-electron chi connectivity index (χ3n) is 5.61. The van der Waals surface area contributed by atoms with Crippen LogP contribution in [-0.4, -0.2) is 23.6 Å². The van der Waals surface area contributed by atoms with E-state index in [1.54, 1.807) is 4.57 Å². The highest BCUT2D eigenvalue weighted by molar-refractivity contribution is 5.95. The fraction of sp³-hybridized carbons (Fsp3) is 0.455. The van der Waals surface area contributed by atoms with E-state index in [1.807, 2.05) is 31.3 Å². The predicted octanol–water partition coefficient (Wildman–Crippen LogP) is 2.70. The molecule has 1 unspecified atom stereocenters. The molecule has 0 spiro atoms. The molecule has 3 rings (SSSR count). The van der Waals surface area contributed by atoms with Crippen molar-refractivity contribution < 1.29 is 4.79 Å². The number of aryl methyl sites for hydroxylation is 2.